The number of imidazole rings is 1. The summed E-state index contributed by atoms with van der Waals surface area (Å²) in [5.74, 6) is 5.21. The highest BCUT2D eigenvalue weighted by Crippen LogP contribution is 2.23. The van der Waals surface area contributed by atoms with Crippen molar-refractivity contribution in [2.45, 2.75) is 5.03 Å². The van der Waals surface area contributed by atoms with E-state index in [0.717, 1.165) is 4.80 Å². The molecule has 0 radical (unpaired) electrons. The van der Waals surface area contributed by atoms with Crippen LogP contribution in [0.15, 0.2) is 29.4 Å². The second-order valence-corrected chi connectivity index (χ2v) is 5.64. The fraction of sp³-hybridized carbons (Fsp3) is 0.111. The monoisotopic (exact) mass is 309 g/mol. The molecule has 12 heteroatoms. The summed E-state index contributed by atoms with van der Waals surface area (Å²) in [6, 6.07) is 5.06. The lowest BCUT2D eigenvalue weighted by Gasteiger charge is -2.05. The van der Waals surface area contributed by atoms with Crippen LogP contribution in [-0.4, -0.2) is 38.0 Å². The standard InChI is InChI=1S/C9H11N9O2S/c1-17-14-9(13-16-17)15-21(19,20)8-7(12-10)11-6-4-2-3-5-18(6)8/h2-5,12H,10H2,1H3,(H,14,15). The van der Waals surface area contributed by atoms with E-state index in [9.17, 15) is 8.42 Å². The quantitative estimate of drug-likeness (QED) is 0.408. The lowest BCUT2D eigenvalue weighted by molar-refractivity contribution is 0.596. The molecular weight excluding hydrogens is 298 g/mol. The topological polar surface area (TPSA) is 145 Å². The number of sulfonamides is 1. The number of hydrogen-bond acceptors (Lipinski definition) is 8. The van der Waals surface area contributed by atoms with Gasteiger partial charge in [-0.3, -0.25) is 4.40 Å². The molecule has 3 heterocycles. The lowest BCUT2D eigenvalue weighted by atomic mass is 10.5. The smallest absolute Gasteiger partial charge is 0.284 e. The number of anilines is 2. The molecule has 0 spiro atoms. The first kappa shape index (κ1) is 13.3. The predicted molar refractivity (Wildman–Crippen MR) is 72.6 cm³/mol. The fourth-order valence-electron chi connectivity index (χ4n) is 1.82. The second-order valence-electron chi connectivity index (χ2n) is 4.05. The van der Waals surface area contributed by atoms with Crippen LogP contribution in [0.5, 0.6) is 0 Å². The van der Waals surface area contributed by atoms with Crippen molar-refractivity contribution in [3.63, 3.8) is 0 Å². The van der Waals surface area contributed by atoms with Crippen LogP contribution in [0.25, 0.3) is 5.65 Å². The first-order valence-electron chi connectivity index (χ1n) is 5.72. The molecule has 110 valence electrons. The number of nitrogens with one attached hydrogen (secondary N) is 2. The average molecular weight is 309 g/mol. The van der Waals surface area contributed by atoms with Gasteiger partial charge in [-0.05, 0) is 17.3 Å². The molecule has 0 aromatic carbocycles. The Bertz CT molecular complexity index is 897. The van der Waals surface area contributed by atoms with Crippen molar-refractivity contribution in [2.24, 2.45) is 12.9 Å². The minimum absolute atomic E-state index is 0.0117. The molecule has 0 aliphatic carbocycles. The number of hydrazine groups is 1. The number of aryl methyl sites for hydroxylation is 1. The predicted octanol–water partition coefficient (Wildman–Crippen LogP) is -1.06. The Morgan fingerprint density at radius 2 is 2.14 bits per heavy atom. The summed E-state index contributed by atoms with van der Waals surface area (Å²) in [4.78, 5) is 5.22. The van der Waals surface area contributed by atoms with Crippen molar-refractivity contribution in [1.82, 2.24) is 29.6 Å². The first-order chi connectivity index (χ1) is 10.0. The van der Waals surface area contributed by atoms with Crippen LogP contribution in [-0.2, 0) is 17.1 Å². The number of hydrogen-bond donors (Lipinski definition) is 3. The normalized spacial score (nSPS) is 11.7. The van der Waals surface area contributed by atoms with Gasteiger partial charge in [0.2, 0.25) is 5.03 Å². The summed E-state index contributed by atoms with van der Waals surface area (Å²) in [5, 5.41) is 10.7. The van der Waals surface area contributed by atoms with Crippen molar-refractivity contribution in [3.05, 3.63) is 24.4 Å². The van der Waals surface area contributed by atoms with E-state index < -0.39 is 10.0 Å². The van der Waals surface area contributed by atoms with Gasteiger partial charge in [0.25, 0.3) is 16.0 Å². The zero-order chi connectivity index (χ0) is 15.0. The van der Waals surface area contributed by atoms with Crippen LogP contribution in [0.1, 0.15) is 0 Å². The number of rotatable bonds is 4. The molecule has 0 aliphatic rings. The van der Waals surface area contributed by atoms with E-state index in [2.05, 4.69) is 30.5 Å². The number of nitrogens with two attached hydrogens (primary N) is 1. The fourth-order valence-corrected chi connectivity index (χ4v) is 3.01. The summed E-state index contributed by atoms with van der Waals surface area (Å²) in [6.45, 7) is 0. The van der Waals surface area contributed by atoms with Crippen molar-refractivity contribution in [1.29, 1.82) is 0 Å². The van der Waals surface area contributed by atoms with Gasteiger partial charge in [-0.1, -0.05) is 11.2 Å². The van der Waals surface area contributed by atoms with Gasteiger partial charge >= 0.3 is 0 Å². The maximum Gasteiger partial charge on any atom is 0.284 e. The van der Waals surface area contributed by atoms with E-state index in [0.29, 0.717) is 5.65 Å². The summed E-state index contributed by atoms with van der Waals surface area (Å²) in [6.07, 6.45) is 1.56. The van der Waals surface area contributed by atoms with Crippen LogP contribution in [0.4, 0.5) is 11.8 Å². The molecule has 11 nitrogen and oxygen atoms in total. The molecular formula is C9H11N9O2S. The van der Waals surface area contributed by atoms with Crippen LogP contribution in [0, 0.1) is 0 Å². The number of nitrogens with zero attached hydrogens (tertiary/aromatic N) is 6. The maximum absolute atomic E-state index is 12.5. The minimum atomic E-state index is -4.00. The average Bonchev–Trinajstić information content (AvgIpc) is 3.01. The van der Waals surface area contributed by atoms with E-state index in [-0.39, 0.29) is 16.8 Å². The highest BCUT2D eigenvalue weighted by atomic mass is 32.2. The number of tetrazole rings is 1. The summed E-state index contributed by atoms with van der Waals surface area (Å²) < 4.78 is 28.6. The highest BCUT2D eigenvalue weighted by molar-refractivity contribution is 7.92. The van der Waals surface area contributed by atoms with Crippen LogP contribution in [0.2, 0.25) is 0 Å². The molecule has 0 amide bonds. The third kappa shape index (κ3) is 2.25. The van der Waals surface area contributed by atoms with Crippen molar-refractivity contribution in [2.75, 3.05) is 10.1 Å². The molecule has 3 aromatic heterocycles. The van der Waals surface area contributed by atoms with Gasteiger partial charge in [0.15, 0.2) is 5.82 Å². The Morgan fingerprint density at radius 3 is 2.81 bits per heavy atom. The Kier molecular flexibility index (Phi) is 2.95. The molecule has 0 bridgehead atoms. The Labute approximate surface area is 118 Å². The van der Waals surface area contributed by atoms with E-state index in [1.54, 1.807) is 24.4 Å². The Hall–Kier alpha value is -2.73. The molecule has 21 heavy (non-hydrogen) atoms. The van der Waals surface area contributed by atoms with E-state index >= 15 is 0 Å². The second kappa shape index (κ2) is 4.68. The maximum atomic E-state index is 12.5. The summed E-state index contributed by atoms with van der Waals surface area (Å²) >= 11 is 0. The lowest BCUT2D eigenvalue weighted by Crippen LogP contribution is -2.19. The molecule has 0 unspecified atom stereocenters. The van der Waals surface area contributed by atoms with Gasteiger partial charge < -0.3 is 5.43 Å². The van der Waals surface area contributed by atoms with Crippen molar-refractivity contribution < 1.29 is 8.42 Å². The van der Waals surface area contributed by atoms with Crippen LogP contribution >= 0.6 is 0 Å². The van der Waals surface area contributed by atoms with Crippen LogP contribution < -0.4 is 16.0 Å². The van der Waals surface area contributed by atoms with E-state index in [1.807, 2.05) is 0 Å². The summed E-state index contributed by atoms with van der Waals surface area (Å²) in [7, 11) is -2.48. The molecule has 0 atom stereocenters. The first-order valence-corrected chi connectivity index (χ1v) is 7.20. The van der Waals surface area contributed by atoms with Gasteiger partial charge in [-0.15, -0.1) is 5.10 Å². The zero-order valence-electron chi connectivity index (χ0n) is 10.8. The van der Waals surface area contributed by atoms with Gasteiger partial charge in [-0.25, -0.2) is 15.5 Å². The SMILES string of the molecule is Cn1nnc(NS(=O)(=O)c2c(NN)nc3ccccn23)n1. The molecule has 3 rings (SSSR count). The number of pyridine rings is 1. The van der Waals surface area contributed by atoms with E-state index in [1.165, 1.54) is 11.4 Å². The third-order valence-corrected chi connectivity index (χ3v) is 3.96. The Balaban J connectivity index is 2.13. The molecule has 3 aromatic rings. The van der Waals surface area contributed by atoms with Crippen LogP contribution in [0.3, 0.4) is 0 Å². The van der Waals surface area contributed by atoms with Gasteiger partial charge in [0, 0.05) is 6.20 Å². The molecule has 0 saturated heterocycles. The van der Waals surface area contributed by atoms with Gasteiger partial charge in [0.05, 0.1) is 7.05 Å². The zero-order valence-corrected chi connectivity index (χ0v) is 11.6. The molecule has 0 aliphatic heterocycles. The molecule has 0 saturated carbocycles. The van der Waals surface area contributed by atoms with Gasteiger partial charge in [0.1, 0.15) is 5.65 Å². The molecule has 4 N–H and O–H groups in total. The summed E-state index contributed by atoms with van der Waals surface area (Å²) in [5.41, 5.74) is 2.70. The minimum Gasteiger partial charge on any atom is -0.306 e. The number of aromatic nitrogens is 6. The highest BCUT2D eigenvalue weighted by Gasteiger charge is 2.26. The van der Waals surface area contributed by atoms with Gasteiger partial charge in [-0.2, -0.15) is 13.2 Å². The molecule has 0 fully saturated rings. The van der Waals surface area contributed by atoms with Crippen molar-refractivity contribution in [3.8, 4) is 0 Å². The largest absolute Gasteiger partial charge is 0.306 e. The van der Waals surface area contributed by atoms with Crippen molar-refractivity contribution >= 4 is 27.4 Å². The number of nitrogen functional groups attached to an aromatic ring is 1. The van der Waals surface area contributed by atoms with E-state index in [4.69, 9.17) is 5.84 Å². The third-order valence-electron chi connectivity index (χ3n) is 2.61. The Morgan fingerprint density at radius 1 is 1.33 bits per heavy atom. The number of fused-ring (bicyclic) bond motifs is 1.